The van der Waals surface area contributed by atoms with E-state index in [4.69, 9.17) is 4.74 Å². The lowest BCUT2D eigenvalue weighted by Crippen LogP contribution is -2.55. The minimum atomic E-state index is -0.826. The van der Waals surface area contributed by atoms with Gasteiger partial charge in [-0.3, -0.25) is 19.3 Å². The highest BCUT2D eigenvalue weighted by atomic mass is 35.5. The van der Waals surface area contributed by atoms with Gasteiger partial charge in [-0.2, -0.15) is 0 Å². The van der Waals surface area contributed by atoms with Crippen molar-refractivity contribution in [2.45, 2.75) is 18.4 Å². The van der Waals surface area contributed by atoms with Crippen molar-refractivity contribution in [2.24, 2.45) is 0 Å². The molecule has 0 saturated carbocycles. The van der Waals surface area contributed by atoms with E-state index < -0.39 is 5.60 Å². The molecule has 0 spiro atoms. The number of ether oxygens (including phenoxy) is 1. The summed E-state index contributed by atoms with van der Waals surface area (Å²) in [5.41, 5.74) is 0.00819. The van der Waals surface area contributed by atoms with Crippen LogP contribution in [0.2, 0.25) is 0 Å². The number of amides is 3. The van der Waals surface area contributed by atoms with Crippen molar-refractivity contribution in [3.05, 3.63) is 35.4 Å². The zero-order valence-corrected chi connectivity index (χ0v) is 14.9. The normalized spacial score (nSPS) is 18.5. The lowest BCUT2D eigenvalue weighted by molar-refractivity contribution is -0.146. The fraction of sp³-hybridized carbons (Fsp3) is 0.471. The van der Waals surface area contributed by atoms with E-state index in [-0.39, 0.29) is 43.2 Å². The standard InChI is InChI=1S/C17H21N3O4.ClH/c1-24-17(6-8-18-9-7-17)16(23)19-10-11-20-14(21)12-4-2-3-5-13(12)15(20)22;/h2-5,18H,6-11H2,1H3,(H,19,23);1H. The number of carbonyl (C=O) groups is 3. The van der Waals surface area contributed by atoms with Crippen LogP contribution in [0.3, 0.4) is 0 Å². The van der Waals surface area contributed by atoms with Gasteiger partial charge in [0.2, 0.25) is 0 Å². The molecule has 0 radical (unpaired) electrons. The maximum absolute atomic E-state index is 12.5. The van der Waals surface area contributed by atoms with E-state index in [0.29, 0.717) is 24.0 Å². The van der Waals surface area contributed by atoms with E-state index in [0.717, 1.165) is 13.1 Å². The topological polar surface area (TPSA) is 87.7 Å². The molecular formula is C17H22ClN3O4. The van der Waals surface area contributed by atoms with Crippen LogP contribution in [0.4, 0.5) is 0 Å². The van der Waals surface area contributed by atoms with Crippen LogP contribution < -0.4 is 10.6 Å². The Morgan fingerprint density at radius 2 is 1.76 bits per heavy atom. The van der Waals surface area contributed by atoms with Crippen molar-refractivity contribution in [3.63, 3.8) is 0 Å². The molecule has 1 aromatic carbocycles. The van der Waals surface area contributed by atoms with Crippen LogP contribution in [0.1, 0.15) is 33.6 Å². The first-order chi connectivity index (χ1) is 11.6. The molecule has 2 heterocycles. The van der Waals surface area contributed by atoms with Gasteiger partial charge in [-0.25, -0.2) is 0 Å². The van der Waals surface area contributed by atoms with Crippen molar-refractivity contribution in [2.75, 3.05) is 33.3 Å². The molecule has 7 nitrogen and oxygen atoms in total. The molecule has 2 N–H and O–H groups in total. The highest BCUT2D eigenvalue weighted by Gasteiger charge is 2.40. The second-order valence-corrected chi connectivity index (χ2v) is 6.01. The van der Waals surface area contributed by atoms with Crippen molar-refractivity contribution in [1.29, 1.82) is 0 Å². The Bertz CT molecular complexity index is 639. The van der Waals surface area contributed by atoms with Crippen LogP contribution in [-0.2, 0) is 9.53 Å². The fourth-order valence-corrected chi connectivity index (χ4v) is 3.24. The van der Waals surface area contributed by atoms with Gasteiger partial charge in [0.15, 0.2) is 0 Å². The largest absolute Gasteiger partial charge is 0.368 e. The first-order valence-electron chi connectivity index (χ1n) is 8.08. The number of carbonyl (C=O) groups excluding carboxylic acids is 3. The Hall–Kier alpha value is -1.96. The van der Waals surface area contributed by atoms with E-state index in [1.165, 1.54) is 12.0 Å². The first kappa shape index (κ1) is 19.4. The van der Waals surface area contributed by atoms with Gasteiger partial charge >= 0.3 is 0 Å². The molecule has 3 rings (SSSR count). The Morgan fingerprint density at radius 1 is 1.20 bits per heavy atom. The minimum absolute atomic E-state index is 0. The summed E-state index contributed by atoms with van der Waals surface area (Å²) in [5.74, 6) is -0.815. The lowest BCUT2D eigenvalue weighted by atomic mass is 9.91. The SMILES string of the molecule is COC1(C(=O)NCCN2C(=O)c3ccccc3C2=O)CCNCC1.Cl. The number of nitrogens with one attached hydrogen (secondary N) is 2. The highest BCUT2D eigenvalue weighted by Crippen LogP contribution is 2.23. The number of hydrogen-bond acceptors (Lipinski definition) is 5. The van der Waals surface area contributed by atoms with Gasteiger partial charge in [-0.1, -0.05) is 12.1 Å². The molecule has 136 valence electrons. The van der Waals surface area contributed by atoms with Gasteiger partial charge in [0.25, 0.3) is 17.7 Å². The van der Waals surface area contributed by atoms with Gasteiger partial charge in [0, 0.05) is 20.2 Å². The average Bonchev–Trinajstić information content (AvgIpc) is 2.87. The maximum Gasteiger partial charge on any atom is 0.261 e. The molecule has 2 aliphatic heterocycles. The number of halogens is 1. The number of imide groups is 1. The first-order valence-corrected chi connectivity index (χ1v) is 8.08. The monoisotopic (exact) mass is 367 g/mol. The lowest BCUT2D eigenvalue weighted by Gasteiger charge is -2.34. The summed E-state index contributed by atoms with van der Waals surface area (Å²) in [6.07, 6.45) is 1.20. The van der Waals surface area contributed by atoms with Crippen LogP contribution in [-0.4, -0.2) is 61.5 Å². The molecule has 3 amide bonds. The van der Waals surface area contributed by atoms with Crippen molar-refractivity contribution >= 4 is 30.1 Å². The number of nitrogens with zero attached hydrogens (tertiary/aromatic N) is 1. The van der Waals surface area contributed by atoms with E-state index in [1.54, 1.807) is 24.3 Å². The van der Waals surface area contributed by atoms with Gasteiger partial charge in [0.05, 0.1) is 11.1 Å². The second-order valence-electron chi connectivity index (χ2n) is 6.01. The van der Waals surface area contributed by atoms with Crippen LogP contribution >= 0.6 is 12.4 Å². The van der Waals surface area contributed by atoms with E-state index in [2.05, 4.69) is 10.6 Å². The molecule has 8 heteroatoms. The summed E-state index contributed by atoms with van der Waals surface area (Å²) >= 11 is 0. The van der Waals surface area contributed by atoms with E-state index in [9.17, 15) is 14.4 Å². The quantitative estimate of drug-likeness (QED) is 0.744. The summed E-state index contributed by atoms with van der Waals surface area (Å²) in [6.45, 7) is 1.80. The van der Waals surface area contributed by atoms with Gasteiger partial charge in [-0.05, 0) is 38.1 Å². The summed E-state index contributed by atoms with van der Waals surface area (Å²) in [7, 11) is 1.54. The van der Waals surface area contributed by atoms with Crippen molar-refractivity contribution in [1.82, 2.24) is 15.5 Å². The molecule has 0 aliphatic carbocycles. The van der Waals surface area contributed by atoms with Crippen LogP contribution in [0, 0.1) is 0 Å². The molecule has 0 atom stereocenters. The molecule has 0 bridgehead atoms. The Kier molecular flexibility index (Phi) is 6.16. The number of benzene rings is 1. The molecule has 0 unspecified atom stereocenters. The van der Waals surface area contributed by atoms with Crippen LogP contribution in [0.15, 0.2) is 24.3 Å². The second kappa shape index (κ2) is 7.95. The molecule has 2 aliphatic rings. The molecule has 1 fully saturated rings. The maximum atomic E-state index is 12.5. The summed E-state index contributed by atoms with van der Waals surface area (Å²) < 4.78 is 5.46. The van der Waals surface area contributed by atoms with Crippen LogP contribution in [0.5, 0.6) is 0 Å². The minimum Gasteiger partial charge on any atom is -0.368 e. The number of rotatable bonds is 5. The zero-order chi connectivity index (χ0) is 17.2. The van der Waals surface area contributed by atoms with E-state index in [1.807, 2.05) is 0 Å². The molecule has 25 heavy (non-hydrogen) atoms. The Balaban J connectivity index is 0.00000225. The third-order valence-corrected chi connectivity index (χ3v) is 4.71. The smallest absolute Gasteiger partial charge is 0.261 e. The Morgan fingerprint density at radius 3 is 2.28 bits per heavy atom. The molecular weight excluding hydrogens is 346 g/mol. The van der Waals surface area contributed by atoms with Crippen molar-refractivity contribution in [3.8, 4) is 0 Å². The number of methoxy groups -OCH3 is 1. The molecule has 1 aromatic rings. The van der Waals surface area contributed by atoms with Crippen molar-refractivity contribution < 1.29 is 19.1 Å². The third kappa shape index (κ3) is 3.53. The Labute approximate surface area is 152 Å². The summed E-state index contributed by atoms with van der Waals surface area (Å²) in [4.78, 5) is 38.2. The third-order valence-electron chi connectivity index (χ3n) is 4.71. The predicted molar refractivity (Wildman–Crippen MR) is 93.9 cm³/mol. The number of piperidine rings is 1. The predicted octanol–water partition coefficient (Wildman–Crippen LogP) is 0.589. The van der Waals surface area contributed by atoms with Gasteiger partial charge < -0.3 is 15.4 Å². The zero-order valence-electron chi connectivity index (χ0n) is 14.0. The summed E-state index contributed by atoms with van der Waals surface area (Å²) in [6, 6.07) is 6.75. The number of hydrogen-bond donors (Lipinski definition) is 2. The van der Waals surface area contributed by atoms with Crippen LogP contribution in [0.25, 0.3) is 0 Å². The van der Waals surface area contributed by atoms with E-state index >= 15 is 0 Å². The fourth-order valence-electron chi connectivity index (χ4n) is 3.24. The number of fused-ring (bicyclic) bond motifs is 1. The molecule has 0 aromatic heterocycles. The van der Waals surface area contributed by atoms with Gasteiger partial charge in [-0.15, -0.1) is 12.4 Å². The summed E-state index contributed by atoms with van der Waals surface area (Å²) in [5, 5.41) is 5.99. The average molecular weight is 368 g/mol. The van der Waals surface area contributed by atoms with Gasteiger partial charge in [0.1, 0.15) is 5.60 Å². The highest BCUT2D eigenvalue weighted by molar-refractivity contribution is 6.21. The molecule has 1 saturated heterocycles.